The first kappa shape index (κ1) is 34.1. The van der Waals surface area contributed by atoms with Crippen LogP contribution in [-0.2, 0) is 9.59 Å². The number of hydrogen-bond acceptors (Lipinski definition) is 7. The minimum atomic E-state index is -0.951. The average molecular weight is 679 g/mol. The van der Waals surface area contributed by atoms with Gasteiger partial charge in [0.1, 0.15) is 34.9 Å². The van der Waals surface area contributed by atoms with Crippen molar-refractivity contribution in [1.29, 1.82) is 0 Å². The van der Waals surface area contributed by atoms with Crippen molar-refractivity contribution < 1.29 is 24.2 Å². The maximum Gasteiger partial charge on any atom is 0.243 e. The van der Waals surface area contributed by atoms with E-state index in [0.717, 1.165) is 73.8 Å². The summed E-state index contributed by atoms with van der Waals surface area (Å²) < 4.78 is 12.4. The topological polar surface area (TPSA) is 104 Å². The second-order valence-corrected chi connectivity index (χ2v) is 14.6. The highest BCUT2D eigenvalue weighted by Crippen LogP contribution is 2.48. The molecular weight excluding hydrogens is 628 g/mol. The molecule has 2 aromatic carbocycles. The Morgan fingerprint density at radius 2 is 1.78 bits per heavy atom. The van der Waals surface area contributed by atoms with Gasteiger partial charge in [-0.1, -0.05) is 68.7 Å². The summed E-state index contributed by atoms with van der Waals surface area (Å²) in [6.07, 6.45) is 11.0. The Morgan fingerprint density at radius 3 is 2.46 bits per heavy atom. The van der Waals surface area contributed by atoms with Crippen molar-refractivity contribution in [3.05, 3.63) is 79.6 Å². The number of methoxy groups -OCH3 is 1. The highest BCUT2D eigenvalue weighted by atomic mass is 16.5. The summed E-state index contributed by atoms with van der Waals surface area (Å²) in [4.78, 5) is 38.4. The molecule has 5 atom stereocenters. The van der Waals surface area contributed by atoms with Crippen LogP contribution in [0.15, 0.2) is 79.6 Å². The van der Waals surface area contributed by atoms with Crippen LogP contribution < -0.4 is 14.8 Å². The Morgan fingerprint density at radius 1 is 1.04 bits per heavy atom. The van der Waals surface area contributed by atoms with Gasteiger partial charge in [0.15, 0.2) is 0 Å². The van der Waals surface area contributed by atoms with Gasteiger partial charge in [0.05, 0.1) is 30.9 Å². The van der Waals surface area contributed by atoms with Crippen molar-refractivity contribution >= 4 is 22.7 Å². The van der Waals surface area contributed by atoms with Gasteiger partial charge < -0.3 is 24.8 Å². The van der Waals surface area contributed by atoms with E-state index in [9.17, 15) is 14.7 Å². The Bertz CT molecular complexity index is 1720. The number of benzene rings is 2. The summed E-state index contributed by atoms with van der Waals surface area (Å²) in [5.41, 5.74) is 1.50. The number of carbonyl (C=O) groups is 2. The molecular formula is C41H50N4O5. The summed E-state index contributed by atoms with van der Waals surface area (Å²) in [6, 6.07) is 16.6. The maximum atomic E-state index is 15.0. The predicted molar refractivity (Wildman–Crippen MR) is 195 cm³/mol. The number of fused-ring (bicyclic) bond motifs is 1. The highest BCUT2D eigenvalue weighted by Gasteiger charge is 2.58. The van der Waals surface area contributed by atoms with E-state index in [1.54, 1.807) is 18.1 Å². The second-order valence-electron chi connectivity index (χ2n) is 14.6. The molecule has 0 spiro atoms. The number of amides is 2. The number of nitrogens with one attached hydrogen (secondary N) is 1. The molecule has 4 fully saturated rings. The Balaban J connectivity index is 1.23. The number of carbonyl (C=O) groups excluding carboxylic acids is 2. The normalized spacial score (nSPS) is 26.3. The third-order valence-corrected chi connectivity index (χ3v) is 11.5. The Kier molecular flexibility index (Phi) is 9.87. The Labute approximate surface area is 295 Å². The van der Waals surface area contributed by atoms with Gasteiger partial charge in [-0.05, 0) is 63.2 Å². The zero-order chi connectivity index (χ0) is 34.8. The van der Waals surface area contributed by atoms with E-state index in [2.05, 4.69) is 23.4 Å². The monoisotopic (exact) mass is 678 g/mol. The lowest BCUT2D eigenvalue weighted by Gasteiger charge is -2.42. The summed E-state index contributed by atoms with van der Waals surface area (Å²) >= 11 is 0. The summed E-state index contributed by atoms with van der Waals surface area (Å²) in [7, 11) is 1.63. The van der Waals surface area contributed by atoms with Crippen LogP contribution in [0.5, 0.6) is 11.5 Å². The van der Waals surface area contributed by atoms with E-state index in [0.29, 0.717) is 24.3 Å². The van der Waals surface area contributed by atoms with Gasteiger partial charge in [-0.25, -0.2) is 4.98 Å². The van der Waals surface area contributed by atoms with E-state index in [4.69, 9.17) is 14.5 Å². The quantitative estimate of drug-likeness (QED) is 0.169. The van der Waals surface area contributed by atoms with Crippen LogP contribution in [0.25, 0.3) is 22.2 Å². The maximum absolute atomic E-state index is 15.0. The van der Waals surface area contributed by atoms with Crippen LogP contribution in [0, 0.1) is 11.8 Å². The zero-order valence-corrected chi connectivity index (χ0v) is 29.2. The van der Waals surface area contributed by atoms with Crippen LogP contribution in [0.1, 0.15) is 64.2 Å². The van der Waals surface area contributed by atoms with Crippen LogP contribution in [-0.4, -0.2) is 82.2 Å². The van der Waals surface area contributed by atoms with Crippen LogP contribution in [0.3, 0.4) is 0 Å². The highest BCUT2D eigenvalue weighted by molar-refractivity contribution is 5.92. The van der Waals surface area contributed by atoms with Gasteiger partial charge >= 0.3 is 0 Å². The van der Waals surface area contributed by atoms with Gasteiger partial charge in [-0.2, -0.15) is 0 Å². The molecule has 9 nitrogen and oxygen atoms in total. The molecule has 7 rings (SSSR count). The molecule has 2 saturated heterocycles. The predicted octanol–water partition coefficient (Wildman–Crippen LogP) is 6.83. The molecule has 2 unspecified atom stereocenters. The van der Waals surface area contributed by atoms with Crippen LogP contribution in [0.4, 0.5) is 0 Å². The minimum absolute atomic E-state index is 0.0206. The molecule has 4 aliphatic rings. The van der Waals surface area contributed by atoms with Gasteiger partial charge in [-0.3, -0.25) is 14.5 Å². The number of hydrogen-bond donors (Lipinski definition) is 2. The molecule has 3 heterocycles. The molecule has 1 aromatic heterocycles. The van der Waals surface area contributed by atoms with Crippen molar-refractivity contribution in [1.82, 2.24) is 20.1 Å². The number of nitrogens with zero attached hydrogens (tertiary/aromatic N) is 3. The van der Waals surface area contributed by atoms with Crippen molar-refractivity contribution in [2.75, 3.05) is 26.7 Å². The molecule has 0 radical (unpaired) electrons. The fraction of sp³-hybridized carbons (Fsp3) is 0.488. The number of aliphatic hydroxyl groups excluding tert-OH is 1. The van der Waals surface area contributed by atoms with Gasteiger partial charge in [0, 0.05) is 35.4 Å². The number of aromatic nitrogens is 1. The molecule has 3 aromatic rings. The van der Waals surface area contributed by atoms with E-state index >= 15 is 0 Å². The number of likely N-dealkylation sites (tertiary alicyclic amines) is 2. The summed E-state index contributed by atoms with van der Waals surface area (Å²) in [5.74, 6) is 1.14. The largest absolute Gasteiger partial charge is 0.510 e. The molecule has 2 N–H and O–H groups in total. The first-order valence-corrected chi connectivity index (χ1v) is 18.4. The number of aliphatic hydroxyl groups is 1. The lowest BCUT2D eigenvalue weighted by molar-refractivity contribution is -0.145. The molecule has 0 bridgehead atoms. The first-order chi connectivity index (χ1) is 24.3. The van der Waals surface area contributed by atoms with E-state index in [1.807, 2.05) is 54.6 Å². The minimum Gasteiger partial charge on any atom is -0.510 e. The molecule has 2 aliphatic heterocycles. The molecule has 2 amide bonds. The number of pyridine rings is 1. The lowest BCUT2D eigenvalue weighted by atomic mass is 9.82. The zero-order valence-electron chi connectivity index (χ0n) is 29.2. The van der Waals surface area contributed by atoms with Gasteiger partial charge in [0.25, 0.3) is 0 Å². The molecule has 50 heavy (non-hydrogen) atoms. The molecule has 264 valence electrons. The van der Waals surface area contributed by atoms with E-state index in [1.165, 1.54) is 12.8 Å². The van der Waals surface area contributed by atoms with Crippen molar-refractivity contribution in [3.8, 4) is 22.8 Å². The van der Waals surface area contributed by atoms with Crippen molar-refractivity contribution in [2.45, 2.75) is 87.9 Å². The molecule has 9 heteroatoms. The van der Waals surface area contributed by atoms with Gasteiger partial charge in [-0.15, -0.1) is 6.58 Å². The number of rotatable bonds is 11. The molecule has 2 saturated carbocycles. The third-order valence-electron chi connectivity index (χ3n) is 11.5. The summed E-state index contributed by atoms with van der Waals surface area (Å²) in [5, 5.41) is 14.5. The summed E-state index contributed by atoms with van der Waals surface area (Å²) in [6.45, 7) is 9.77. The molecule has 2 aliphatic carbocycles. The Hall–Kier alpha value is -4.37. The smallest absolute Gasteiger partial charge is 0.243 e. The number of ether oxygens (including phenoxy) is 2. The second kappa shape index (κ2) is 14.5. The third kappa shape index (κ3) is 6.72. The SMILES string of the molecule is C=CC1CC1(NC(=O)[C@@H]1C[C@@H](Oc2cc(-c3ccccc3)nc3cc(OC)ccc23)CN1C(=O)[C@H](C1CCCCC1)N1CCCCC1)C(=C)O. The van der Waals surface area contributed by atoms with Crippen molar-refractivity contribution in [3.63, 3.8) is 0 Å². The van der Waals surface area contributed by atoms with E-state index < -0.39 is 17.7 Å². The van der Waals surface area contributed by atoms with Crippen LogP contribution in [0.2, 0.25) is 0 Å². The van der Waals surface area contributed by atoms with E-state index in [-0.39, 0.29) is 42.0 Å². The first-order valence-electron chi connectivity index (χ1n) is 18.4. The fourth-order valence-electron chi connectivity index (χ4n) is 8.61. The lowest BCUT2D eigenvalue weighted by Crippen LogP contribution is -2.58. The van der Waals surface area contributed by atoms with Crippen LogP contribution >= 0.6 is 0 Å². The van der Waals surface area contributed by atoms with Gasteiger partial charge in [0.2, 0.25) is 11.8 Å². The number of piperidine rings is 1. The standard InChI is InChI=1S/C41H50N4O5/c1-4-30-25-41(30,27(2)46)43-39(47)36-23-32(26-45(36)40(48)38(29-16-10-6-11-17-29)44-20-12-7-13-21-44)50-37-24-34(28-14-8-5-9-15-28)42-35-22-31(49-3)18-19-33(35)37/h4-5,8-9,14-15,18-19,22,24,29-30,32,36,38,46H,1-2,6-7,10-13,16-17,20-21,23,25-26H2,3H3,(H,43,47)/t30?,32-,36+,38+,41?/m1/s1. The average Bonchev–Trinajstić information content (AvgIpc) is 3.71. The van der Waals surface area contributed by atoms with Crippen molar-refractivity contribution in [2.24, 2.45) is 11.8 Å². The fourth-order valence-corrected chi connectivity index (χ4v) is 8.61.